The van der Waals surface area contributed by atoms with Gasteiger partial charge in [-0.1, -0.05) is 6.07 Å². The molecular formula is C20H31FN4O4S. The molecule has 1 aromatic carbocycles. The molecule has 30 heavy (non-hydrogen) atoms. The first kappa shape index (κ1) is 22.9. The Labute approximate surface area is 177 Å². The smallest absolute Gasteiger partial charge is 0.319 e. The average molecular weight is 443 g/mol. The third-order valence-corrected chi connectivity index (χ3v) is 7.17. The van der Waals surface area contributed by atoms with E-state index in [0.717, 1.165) is 19.3 Å². The Kier molecular flexibility index (Phi) is 7.67. The van der Waals surface area contributed by atoms with Gasteiger partial charge in [-0.15, -0.1) is 0 Å². The molecule has 1 aromatic rings. The largest absolute Gasteiger partial charge is 0.381 e. The normalized spacial score (nSPS) is 21.1. The number of carbonyl (C=O) groups excluding carboxylic acids is 1. The number of nitrogens with zero attached hydrogens (tertiary/aromatic N) is 2. The highest BCUT2D eigenvalue weighted by Gasteiger charge is 2.35. The Morgan fingerprint density at radius 3 is 2.67 bits per heavy atom. The standard InChI is InChI=1S/C20H31FN4O4S/c1-15-18(21)4-3-5-19(15)23-20(26)22-9-11-25(16-7-12-29-13-8-16)17-6-10-24(14-17)30(2,27)28/h3-5,16-17H,6-14H2,1-2H3,(H2,22,23,26). The number of hydrogen-bond donors (Lipinski definition) is 2. The van der Waals surface area contributed by atoms with Crippen LogP contribution in [0.2, 0.25) is 0 Å². The zero-order valence-corrected chi connectivity index (χ0v) is 18.4. The van der Waals surface area contributed by atoms with Gasteiger partial charge >= 0.3 is 6.03 Å². The van der Waals surface area contributed by atoms with Crippen LogP contribution < -0.4 is 10.6 Å². The first-order chi connectivity index (χ1) is 14.3. The summed E-state index contributed by atoms with van der Waals surface area (Å²) < 4.78 is 44.4. The van der Waals surface area contributed by atoms with Crippen molar-refractivity contribution in [3.63, 3.8) is 0 Å². The number of halogens is 1. The number of amides is 2. The summed E-state index contributed by atoms with van der Waals surface area (Å²) in [7, 11) is -3.20. The van der Waals surface area contributed by atoms with Crippen LogP contribution in [0.1, 0.15) is 24.8 Å². The van der Waals surface area contributed by atoms with Crippen molar-refractivity contribution in [3.05, 3.63) is 29.6 Å². The van der Waals surface area contributed by atoms with E-state index < -0.39 is 10.0 Å². The monoisotopic (exact) mass is 442 g/mol. The number of hydrogen-bond acceptors (Lipinski definition) is 5. The van der Waals surface area contributed by atoms with Gasteiger partial charge < -0.3 is 15.4 Å². The molecule has 0 bridgehead atoms. The molecule has 2 aliphatic rings. The van der Waals surface area contributed by atoms with Crippen LogP contribution in [-0.2, 0) is 14.8 Å². The minimum absolute atomic E-state index is 0.123. The molecule has 0 saturated carbocycles. The lowest BCUT2D eigenvalue weighted by Crippen LogP contribution is -2.50. The third-order valence-electron chi connectivity index (χ3n) is 5.90. The van der Waals surface area contributed by atoms with Gasteiger partial charge in [0.25, 0.3) is 0 Å². The molecule has 0 radical (unpaired) electrons. The Bertz CT molecular complexity index is 845. The van der Waals surface area contributed by atoms with Crippen LogP contribution in [0.15, 0.2) is 18.2 Å². The lowest BCUT2D eigenvalue weighted by Gasteiger charge is -2.38. The average Bonchev–Trinajstić information content (AvgIpc) is 3.20. The Balaban J connectivity index is 1.57. The van der Waals surface area contributed by atoms with E-state index in [1.54, 1.807) is 19.1 Å². The summed E-state index contributed by atoms with van der Waals surface area (Å²) in [6, 6.07) is 4.60. The van der Waals surface area contributed by atoms with Crippen LogP contribution in [-0.4, -0.2) is 81.4 Å². The fourth-order valence-electron chi connectivity index (χ4n) is 4.17. The SMILES string of the molecule is Cc1c(F)cccc1NC(=O)NCCN(C1CCOCC1)C1CCN(S(C)(=O)=O)C1. The van der Waals surface area contributed by atoms with Gasteiger partial charge in [0.15, 0.2) is 0 Å². The van der Waals surface area contributed by atoms with E-state index in [1.807, 2.05) is 0 Å². The highest BCUT2D eigenvalue weighted by molar-refractivity contribution is 7.88. The molecule has 3 rings (SSSR count). The zero-order chi connectivity index (χ0) is 21.7. The molecule has 8 nitrogen and oxygen atoms in total. The molecule has 2 saturated heterocycles. The van der Waals surface area contributed by atoms with Gasteiger partial charge in [0.05, 0.1) is 6.26 Å². The van der Waals surface area contributed by atoms with E-state index in [0.29, 0.717) is 56.7 Å². The fourth-order valence-corrected chi connectivity index (χ4v) is 5.05. The molecule has 0 spiro atoms. The summed E-state index contributed by atoms with van der Waals surface area (Å²) in [4.78, 5) is 14.6. The highest BCUT2D eigenvalue weighted by Crippen LogP contribution is 2.24. The van der Waals surface area contributed by atoms with E-state index in [2.05, 4.69) is 15.5 Å². The van der Waals surface area contributed by atoms with Crippen LogP contribution >= 0.6 is 0 Å². The first-order valence-corrected chi connectivity index (χ1v) is 12.2. The molecule has 2 heterocycles. The van der Waals surface area contributed by atoms with Gasteiger partial charge in [-0.2, -0.15) is 0 Å². The minimum atomic E-state index is -3.20. The van der Waals surface area contributed by atoms with E-state index in [-0.39, 0.29) is 17.9 Å². The van der Waals surface area contributed by atoms with Crippen molar-refractivity contribution in [2.45, 2.75) is 38.3 Å². The van der Waals surface area contributed by atoms with Crippen molar-refractivity contribution in [1.29, 1.82) is 0 Å². The minimum Gasteiger partial charge on any atom is -0.381 e. The lowest BCUT2D eigenvalue weighted by atomic mass is 10.0. The van der Waals surface area contributed by atoms with Crippen molar-refractivity contribution in [3.8, 4) is 0 Å². The maximum Gasteiger partial charge on any atom is 0.319 e. The molecule has 10 heteroatoms. The molecule has 2 fully saturated rings. The van der Waals surface area contributed by atoms with Crippen LogP contribution in [0.25, 0.3) is 0 Å². The Morgan fingerprint density at radius 1 is 1.27 bits per heavy atom. The van der Waals surface area contributed by atoms with Crippen LogP contribution in [0.4, 0.5) is 14.9 Å². The molecule has 2 aliphatic heterocycles. The van der Waals surface area contributed by atoms with Crippen LogP contribution in [0.3, 0.4) is 0 Å². The van der Waals surface area contributed by atoms with Crippen molar-refractivity contribution < 1.29 is 22.3 Å². The van der Waals surface area contributed by atoms with Crippen molar-refractivity contribution >= 4 is 21.7 Å². The number of carbonyl (C=O) groups is 1. The molecular weight excluding hydrogens is 411 g/mol. The van der Waals surface area contributed by atoms with Gasteiger partial charge in [-0.25, -0.2) is 21.9 Å². The van der Waals surface area contributed by atoms with E-state index in [4.69, 9.17) is 4.74 Å². The number of sulfonamides is 1. The van der Waals surface area contributed by atoms with Crippen molar-refractivity contribution in [2.75, 3.05) is 51.0 Å². The molecule has 0 aromatic heterocycles. The van der Waals surface area contributed by atoms with E-state index in [9.17, 15) is 17.6 Å². The van der Waals surface area contributed by atoms with Crippen LogP contribution in [0.5, 0.6) is 0 Å². The number of urea groups is 1. The van der Waals surface area contributed by atoms with Crippen molar-refractivity contribution in [1.82, 2.24) is 14.5 Å². The quantitative estimate of drug-likeness (QED) is 0.672. The highest BCUT2D eigenvalue weighted by atomic mass is 32.2. The number of rotatable bonds is 7. The fraction of sp³-hybridized carbons (Fsp3) is 0.650. The van der Waals surface area contributed by atoms with Gasteiger partial charge in [0, 0.05) is 62.7 Å². The molecule has 2 amide bonds. The molecule has 0 aliphatic carbocycles. The van der Waals surface area contributed by atoms with E-state index >= 15 is 0 Å². The summed E-state index contributed by atoms with van der Waals surface area (Å²) in [6.45, 7) is 5.02. The Hall–Kier alpha value is -1.75. The number of nitrogens with one attached hydrogen (secondary N) is 2. The number of benzene rings is 1. The summed E-state index contributed by atoms with van der Waals surface area (Å²) in [5.74, 6) is -0.366. The van der Waals surface area contributed by atoms with Gasteiger partial charge in [-0.3, -0.25) is 4.90 Å². The first-order valence-electron chi connectivity index (χ1n) is 10.3. The Morgan fingerprint density at radius 2 is 2.00 bits per heavy atom. The van der Waals surface area contributed by atoms with Gasteiger partial charge in [0.1, 0.15) is 5.82 Å². The number of anilines is 1. The molecule has 2 N–H and O–H groups in total. The molecule has 168 valence electrons. The second-order valence-corrected chi connectivity index (χ2v) is 9.92. The summed E-state index contributed by atoms with van der Waals surface area (Å²) in [5, 5.41) is 5.52. The topological polar surface area (TPSA) is 91.0 Å². The lowest BCUT2D eigenvalue weighted by molar-refractivity contribution is 0.0197. The summed E-state index contributed by atoms with van der Waals surface area (Å²) in [6.07, 6.45) is 3.81. The van der Waals surface area contributed by atoms with Crippen LogP contribution in [0, 0.1) is 12.7 Å². The molecule has 1 unspecified atom stereocenters. The predicted molar refractivity (Wildman–Crippen MR) is 114 cm³/mol. The summed E-state index contributed by atoms with van der Waals surface area (Å²) >= 11 is 0. The maximum atomic E-state index is 13.6. The van der Waals surface area contributed by atoms with Gasteiger partial charge in [-0.05, 0) is 38.3 Å². The van der Waals surface area contributed by atoms with Gasteiger partial charge in [0.2, 0.25) is 10.0 Å². The summed E-state index contributed by atoms with van der Waals surface area (Å²) in [5.41, 5.74) is 0.830. The third kappa shape index (κ3) is 5.90. The maximum absolute atomic E-state index is 13.6. The second kappa shape index (κ2) is 10.0. The second-order valence-electron chi connectivity index (χ2n) is 7.94. The zero-order valence-electron chi connectivity index (χ0n) is 17.6. The number of ether oxygens (including phenoxy) is 1. The predicted octanol–water partition coefficient (Wildman–Crippen LogP) is 1.77. The van der Waals surface area contributed by atoms with Crippen molar-refractivity contribution in [2.24, 2.45) is 0 Å². The molecule has 1 atom stereocenters. The van der Waals surface area contributed by atoms with E-state index in [1.165, 1.54) is 16.6 Å².